The number of nitro benzene ring substituents is 1. The number of carbonyl (C=O) groups excluding carboxylic acids is 2. The average Bonchev–Trinajstić information content (AvgIpc) is 3.26. The minimum atomic E-state index is -0.783. The summed E-state index contributed by atoms with van der Waals surface area (Å²) < 4.78 is 5.04. The highest BCUT2D eigenvalue weighted by molar-refractivity contribution is 7.98. The van der Waals surface area contributed by atoms with Crippen LogP contribution in [0.2, 0.25) is 0 Å². The summed E-state index contributed by atoms with van der Waals surface area (Å²) in [6.07, 6.45) is 3.86. The van der Waals surface area contributed by atoms with E-state index in [0.29, 0.717) is 11.4 Å². The molecule has 0 aliphatic carbocycles. The van der Waals surface area contributed by atoms with E-state index in [1.165, 1.54) is 23.9 Å². The fraction of sp³-hybridized carbons (Fsp3) is 0.300. The average molecular weight is 415 g/mol. The van der Waals surface area contributed by atoms with Gasteiger partial charge in [0, 0.05) is 24.1 Å². The van der Waals surface area contributed by atoms with E-state index in [4.69, 9.17) is 4.74 Å². The van der Waals surface area contributed by atoms with Crippen LogP contribution < -0.4 is 10.2 Å². The summed E-state index contributed by atoms with van der Waals surface area (Å²) in [7, 11) is 0. The number of amides is 1. The molecule has 1 saturated heterocycles. The topological polar surface area (TPSA) is 102 Å². The van der Waals surface area contributed by atoms with Crippen LogP contribution in [0.1, 0.15) is 23.2 Å². The van der Waals surface area contributed by atoms with E-state index in [1.807, 2.05) is 23.3 Å². The van der Waals surface area contributed by atoms with Gasteiger partial charge in [0.25, 0.3) is 11.6 Å². The molecule has 0 saturated carbocycles. The number of nitrogens with one attached hydrogen (secondary N) is 1. The Morgan fingerprint density at radius 3 is 2.62 bits per heavy atom. The van der Waals surface area contributed by atoms with Crippen LogP contribution in [0.25, 0.3) is 0 Å². The van der Waals surface area contributed by atoms with Crippen molar-refractivity contribution in [1.82, 2.24) is 0 Å². The smallest absolute Gasteiger partial charge is 0.338 e. The van der Waals surface area contributed by atoms with Crippen LogP contribution in [0.4, 0.5) is 17.1 Å². The molecule has 152 valence electrons. The van der Waals surface area contributed by atoms with Gasteiger partial charge in [0.1, 0.15) is 5.69 Å². The molecule has 1 N–H and O–H groups in total. The van der Waals surface area contributed by atoms with Crippen molar-refractivity contribution in [3.05, 3.63) is 58.1 Å². The molecule has 0 atom stereocenters. The van der Waals surface area contributed by atoms with E-state index in [-0.39, 0.29) is 11.3 Å². The SMILES string of the molecule is CSc1ccccc1NC(=O)COC(=O)c1ccc(N2CCCC2)c([N+](=O)[O-])c1. The van der Waals surface area contributed by atoms with Gasteiger partial charge in [-0.25, -0.2) is 4.79 Å². The zero-order valence-corrected chi connectivity index (χ0v) is 16.7. The summed E-state index contributed by atoms with van der Waals surface area (Å²) in [4.78, 5) is 38.2. The number of carbonyl (C=O) groups is 2. The van der Waals surface area contributed by atoms with Crippen LogP contribution in [0, 0.1) is 10.1 Å². The summed E-state index contributed by atoms with van der Waals surface area (Å²) in [6.45, 7) is 1.02. The molecule has 1 aliphatic heterocycles. The van der Waals surface area contributed by atoms with Crippen molar-refractivity contribution in [1.29, 1.82) is 0 Å². The summed E-state index contributed by atoms with van der Waals surface area (Å²) in [5.74, 6) is -1.27. The maximum absolute atomic E-state index is 12.3. The van der Waals surface area contributed by atoms with Crippen molar-refractivity contribution in [2.75, 3.05) is 36.2 Å². The summed E-state index contributed by atoms with van der Waals surface area (Å²) in [6, 6.07) is 11.5. The molecular formula is C20H21N3O5S. The molecule has 1 heterocycles. The largest absolute Gasteiger partial charge is 0.452 e. The summed E-state index contributed by atoms with van der Waals surface area (Å²) in [5, 5.41) is 14.1. The van der Waals surface area contributed by atoms with Crippen molar-refractivity contribution in [2.24, 2.45) is 0 Å². The molecule has 1 amide bonds. The predicted octanol–water partition coefficient (Wildman–Crippen LogP) is 3.71. The number of hydrogen-bond donors (Lipinski definition) is 1. The molecule has 0 bridgehead atoms. The molecule has 0 aromatic heterocycles. The second-order valence-electron chi connectivity index (χ2n) is 6.48. The van der Waals surface area contributed by atoms with Gasteiger partial charge < -0.3 is 15.0 Å². The van der Waals surface area contributed by atoms with Gasteiger partial charge in [0.05, 0.1) is 16.2 Å². The standard InChI is InChI=1S/C20H21N3O5S/c1-29-18-7-3-2-6-15(18)21-19(24)13-28-20(25)14-8-9-16(17(12-14)23(26)27)22-10-4-5-11-22/h2-3,6-9,12H,4-5,10-11,13H2,1H3,(H,21,24). The second kappa shape index (κ2) is 9.42. The molecule has 3 rings (SSSR count). The number of thioether (sulfide) groups is 1. The summed E-state index contributed by atoms with van der Waals surface area (Å²) >= 11 is 1.48. The van der Waals surface area contributed by atoms with E-state index in [1.54, 1.807) is 18.2 Å². The lowest BCUT2D eigenvalue weighted by Gasteiger charge is -2.17. The third kappa shape index (κ3) is 5.05. The number of para-hydroxylation sites is 1. The Bertz CT molecular complexity index is 928. The number of rotatable bonds is 7. The molecule has 9 heteroatoms. The van der Waals surface area contributed by atoms with Gasteiger partial charge in [0.2, 0.25) is 0 Å². The second-order valence-corrected chi connectivity index (χ2v) is 7.33. The zero-order chi connectivity index (χ0) is 20.8. The molecule has 0 unspecified atom stereocenters. The highest BCUT2D eigenvalue weighted by atomic mass is 32.2. The fourth-order valence-corrected chi connectivity index (χ4v) is 3.72. The maximum Gasteiger partial charge on any atom is 0.338 e. The molecule has 0 radical (unpaired) electrons. The lowest BCUT2D eigenvalue weighted by atomic mass is 10.1. The van der Waals surface area contributed by atoms with Gasteiger partial charge in [-0.05, 0) is 43.4 Å². The summed E-state index contributed by atoms with van der Waals surface area (Å²) in [5.41, 5.74) is 1.03. The Balaban J connectivity index is 1.65. The van der Waals surface area contributed by atoms with Crippen LogP contribution in [-0.2, 0) is 9.53 Å². The highest BCUT2D eigenvalue weighted by Crippen LogP contribution is 2.32. The Morgan fingerprint density at radius 2 is 1.93 bits per heavy atom. The number of nitrogens with zero attached hydrogens (tertiary/aromatic N) is 2. The van der Waals surface area contributed by atoms with E-state index in [9.17, 15) is 19.7 Å². The minimum Gasteiger partial charge on any atom is -0.452 e. The molecule has 8 nitrogen and oxygen atoms in total. The number of esters is 1. The van der Waals surface area contributed by atoms with Crippen molar-refractivity contribution < 1.29 is 19.2 Å². The molecule has 2 aromatic carbocycles. The van der Waals surface area contributed by atoms with Crippen molar-refractivity contribution in [3.63, 3.8) is 0 Å². The highest BCUT2D eigenvalue weighted by Gasteiger charge is 2.24. The first kappa shape index (κ1) is 20.7. The van der Waals surface area contributed by atoms with E-state index in [2.05, 4.69) is 5.32 Å². The third-order valence-electron chi connectivity index (χ3n) is 4.57. The van der Waals surface area contributed by atoms with E-state index >= 15 is 0 Å². The Morgan fingerprint density at radius 1 is 1.21 bits per heavy atom. The number of benzene rings is 2. The minimum absolute atomic E-state index is 0.0389. The van der Waals surface area contributed by atoms with Gasteiger partial charge >= 0.3 is 5.97 Å². The first-order valence-electron chi connectivity index (χ1n) is 9.13. The monoisotopic (exact) mass is 415 g/mol. The van der Waals surface area contributed by atoms with Gasteiger partial charge in [-0.1, -0.05) is 12.1 Å². The fourth-order valence-electron chi connectivity index (χ4n) is 3.17. The molecule has 1 aliphatic rings. The number of anilines is 2. The van der Waals surface area contributed by atoms with Crippen LogP contribution >= 0.6 is 11.8 Å². The first-order valence-corrected chi connectivity index (χ1v) is 10.4. The number of hydrogen-bond acceptors (Lipinski definition) is 7. The molecular weight excluding hydrogens is 394 g/mol. The number of nitro groups is 1. The maximum atomic E-state index is 12.3. The molecule has 1 fully saturated rings. The van der Waals surface area contributed by atoms with Gasteiger partial charge in [-0.15, -0.1) is 11.8 Å². The lowest BCUT2D eigenvalue weighted by Crippen LogP contribution is -2.22. The quantitative estimate of drug-likeness (QED) is 0.318. The van der Waals surface area contributed by atoms with Crippen molar-refractivity contribution in [2.45, 2.75) is 17.7 Å². The van der Waals surface area contributed by atoms with Crippen LogP contribution in [-0.4, -0.2) is 42.8 Å². The predicted molar refractivity (Wildman–Crippen MR) is 112 cm³/mol. The third-order valence-corrected chi connectivity index (χ3v) is 5.37. The normalized spacial score (nSPS) is 13.2. The van der Waals surface area contributed by atoms with Gasteiger partial charge in [-0.3, -0.25) is 14.9 Å². The van der Waals surface area contributed by atoms with E-state index in [0.717, 1.165) is 30.8 Å². The van der Waals surface area contributed by atoms with Crippen LogP contribution in [0.5, 0.6) is 0 Å². The molecule has 29 heavy (non-hydrogen) atoms. The van der Waals surface area contributed by atoms with Gasteiger partial charge in [-0.2, -0.15) is 0 Å². The van der Waals surface area contributed by atoms with Crippen molar-refractivity contribution in [3.8, 4) is 0 Å². The van der Waals surface area contributed by atoms with E-state index < -0.39 is 23.4 Å². The lowest BCUT2D eigenvalue weighted by molar-refractivity contribution is -0.384. The Labute approximate surface area is 172 Å². The number of ether oxygens (including phenoxy) is 1. The van der Waals surface area contributed by atoms with Crippen LogP contribution in [0.15, 0.2) is 47.4 Å². The Kier molecular flexibility index (Phi) is 6.71. The van der Waals surface area contributed by atoms with Gasteiger partial charge in [0.15, 0.2) is 6.61 Å². The first-order chi connectivity index (χ1) is 14.0. The molecule has 2 aromatic rings. The Hall–Kier alpha value is -3.07. The zero-order valence-electron chi connectivity index (χ0n) is 15.9. The van der Waals surface area contributed by atoms with Crippen LogP contribution in [0.3, 0.4) is 0 Å². The molecule has 0 spiro atoms. The van der Waals surface area contributed by atoms with Crippen molar-refractivity contribution >= 4 is 40.7 Å².